The van der Waals surface area contributed by atoms with Gasteiger partial charge >= 0.3 is 18.9 Å². The molecule has 38 valence electrons. The minimum absolute atomic E-state index is 0. The average molecular weight is 100 g/mol. The van der Waals surface area contributed by atoms with Gasteiger partial charge in [-0.2, -0.15) is 17.8 Å². The first-order chi connectivity index (χ1) is 3.35. The first-order valence-corrected chi connectivity index (χ1v) is 3.21. The van der Waals surface area contributed by atoms with Crippen LogP contribution in [0.5, 0.6) is 0 Å². The average Bonchev–Trinajstić information content (AvgIpc) is 2.38. The Hall–Kier alpha value is 0.597. The summed E-state index contributed by atoms with van der Waals surface area (Å²) in [4.78, 5) is 0. The van der Waals surface area contributed by atoms with Crippen LogP contribution in [0, 0.1) is 23.2 Å². The van der Waals surface area contributed by atoms with Crippen molar-refractivity contribution in [3.8, 4) is 0 Å². The normalized spacial score (nSPS) is 64.1. The van der Waals surface area contributed by atoms with Crippen LogP contribution in [0.4, 0.5) is 0 Å². The zero-order valence-corrected chi connectivity index (χ0v) is 5.57. The molecular formula is C7H9Li. The Morgan fingerprint density at radius 1 is 1.62 bits per heavy atom. The van der Waals surface area contributed by atoms with Crippen molar-refractivity contribution >= 4 is 0 Å². The van der Waals surface area contributed by atoms with E-state index in [0.29, 0.717) is 0 Å². The van der Waals surface area contributed by atoms with Crippen molar-refractivity contribution in [2.75, 3.05) is 0 Å². The SMILES string of the molecule is CC12[C-]3CCC1C32.[Li+]. The Morgan fingerprint density at radius 3 is 2.38 bits per heavy atom. The number of rotatable bonds is 0. The molecule has 0 aromatic rings. The van der Waals surface area contributed by atoms with Crippen LogP contribution in [0.3, 0.4) is 0 Å². The molecule has 3 unspecified atom stereocenters. The molecule has 0 heterocycles. The molecule has 4 rings (SSSR count). The first-order valence-electron chi connectivity index (χ1n) is 3.21. The van der Waals surface area contributed by atoms with Gasteiger partial charge in [0.15, 0.2) is 0 Å². The van der Waals surface area contributed by atoms with Crippen LogP contribution in [0.25, 0.3) is 0 Å². The third kappa shape index (κ3) is 0.271. The van der Waals surface area contributed by atoms with Crippen LogP contribution in [0.1, 0.15) is 19.8 Å². The predicted molar refractivity (Wildman–Crippen MR) is 27.6 cm³/mol. The van der Waals surface area contributed by atoms with Crippen molar-refractivity contribution in [3.05, 3.63) is 5.92 Å². The monoisotopic (exact) mass is 100 g/mol. The quantitative estimate of drug-likeness (QED) is 0.260. The van der Waals surface area contributed by atoms with Gasteiger partial charge in [-0.3, -0.25) is 0 Å². The molecule has 0 nitrogen and oxygen atoms in total. The van der Waals surface area contributed by atoms with Gasteiger partial charge < -0.3 is 5.92 Å². The Morgan fingerprint density at radius 2 is 2.25 bits per heavy atom. The van der Waals surface area contributed by atoms with Gasteiger partial charge in [0.1, 0.15) is 0 Å². The molecule has 2 bridgehead atoms. The maximum Gasteiger partial charge on any atom is 1.00 e. The van der Waals surface area contributed by atoms with Crippen LogP contribution >= 0.6 is 0 Å². The van der Waals surface area contributed by atoms with Crippen molar-refractivity contribution in [2.45, 2.75) is 19.8 Å². The zero-order valence-electron chi connectivity index (χ0n) is 5.57. The zero-order chi connectivity index (χ0) is 4.65. The van der Waals surface area contributed by atoms with E-state index in [0.717, 1.165) is 11.3 Å². The van der Waals surface area contributed by atoms with Gasteiger partial charge in [0, 0.05) is 0 Å². The summed E-state index contributed by atoms with van der Waals surface area (Å²) in [6, 6.07) is 0. The summed E-state index contributed by atoms with van der Waals surface area (Å²) < 4.78 is 0. The molecule has 4 aliphatic rings. The third-order valence-electron chi connectivity index (χ3n) is 3.42. The molecule has 0 saturated heterocycles. The summed E-state index contributed by atoms with van der Waals surface area (Å²) in [5.74, 6) is 4.26. The van der Waals surface area contributed by atoms with Gasteiger partial charge in [0.25, 0.3) is 0 Å². The van der Waals surface area contributed by atoms with Gasteiger partial charge in [-0.1, -0.05) is 19.3 Å². The fourth-order valence-corrected chi connectivity index (χ4v) is 2.75. The topological polar surface area (TPSA) is 0 Å². The van der Waals surface area contributed by atoms with E-state index in [-0.39, 0.29) is 18.9 Å². The maximum atomic E-state index is 2.44. The van der Waals surface area contributed by atoms with E-state index in [4.69, 9.17) is 0 Å². The van der Waals surface area contributed by atoms with E-state index in [9.17, 15) is 0 Å². The maximum absolute atomic E-state index is 2.44. The van der Waals surface area contributed by atoms with Gasteiger partial charge in [-0.05, 0) is 0 Å². The molecule has 4 aliphatic carbocycles. The molecule has 8 heavy (non-hydrogen) atoms. The molecule has 3 atom stereocenters. The Kier molecular flexibility index (Phi) is 0.719. The number of hydrogen-bond donors (Lipinski definition) is 0. The molecule has 4 saturated carbocycles. The molecule has 0 radical (unpaired) electrons. The molecule has 4 fully saturated rings. The van der Waals surface area contributed by atoms with Crippen LogP contribution in [0.15, 0.2) is 0 Å². The van der Waals surface area contributed by atoms with Crippen LogP contribution < -0.4 is 18.9 Å². The van der Waals surface area contributed by atoms with Crippen molar-refractivity contribution in [1.29, 1.82) is 0 Å². The van der Waals surface area contributed by atoms with Gasteiger partial charge in [-0.25, -0.2) is 0 Å². The first kappa shape index (κ1) is 5.39. The van der Waals surface area contributed by atoms with Crippen LogP contribution in [-0.2, 0) is 0 Å². The molecular weight excluding hydrogens is 91.0 g/mol. The van der Waals surface area contributed by atoms with E-state index >= 15 is 0 Å². The van der Waals surface area contributed by atoms with E-state index in [1.165, 1.54) is 18.8 Å². The van der Waals surface area contributed by atoms with Crippen LogP contribution in [-0.4, -0.2) is 0 Å². The van der Waals surface area contributed by atoms with Gasteiger partial charge in [0.05, 0.1) is 0 Å². The van der Waals surface area contributed by atoms with Crippen molar-refractivity contribution in [3.63, 3.8) is 0 Å². The Bertz CT molecular complexity index is 120. The minimum atomic E-state index is 0. The van der Waals surface area contributed by atoms with Crippen molar-refractivity contribution < 1.29 is 18.9 Å². The second kappa shape index (κ2) is 1.07. The fourth-order valence-electron chi connectivity index (χ4n) is 2.75. The summed E-state index contributed by atoms with van der Waals surface area (Å²) in [6.07, 6.45) is 3.03. The Labute approximate surface area is 62.2 Å². The number of fused-ring (bicyclic) bond motifs is 1. The molecule has 0 spiro atoms. The second-order valence-corrected chi connectivity index (χ2v) is 3.43. The van der Waals surface area contributed by atoms with E-state index < -0.39 is 0 Å². The summed E-state index contributed by atoms with van der Waals surface area (Å²) in [6.45, 7) is 2.44. The standard InChI is InChI=1S/C7H9.Li/c1-7-4-2-3-5(7)6(4)7;/h4,6H,2-3H2,1H3;/q-1;+1. The summed E-state index contributed by atoms with van der Waals surface area (Å²) in [5.41, 5.74) is 0.861. The van der Waals surface area contributed by atoms with E-state index in [1.54, 1.807) is 0 Å². The van der Waals surface area contributed by atoms with Crippen molar-refractivity contribution in [1.82, 2.24) is 0 Å². The molecule has 0 N–H and O–H groups in total. The van der Waals surface area contributed by atoms with Gasteiger partial charge in [0.2, 0.25) is 0 Å². The van der Waals surface area contributed by atoms with Gasteiger partial charge in [-0.15, -0.1) is 0 Å². The predicted octanol–water partition coefficient (Wildman–Crippen LogP) is -1.38. The van der Waals surface area contributed by atoms with E-state index in [2.05, 4.69) is 6.92 Å². The molecule has 0 aliphatic heterocycles. The number of hydrogen-bond acceptors (Lipinski definition) is 0. The molecule has 0 amide bonds. The smallest absolute Gasteiger partial charge is 0.308 e. The molecule has 0 aromatic heterocycles. The van der Waals surface area contributed by atoms with Crippen LogP contribution in [0.2, 0.25) is 0 Å². The summed E-state index contributed by atoms with van der Waals surface area (Å²) in [7, 11) is 0. The fraction of sp³-hybridized carbons (Fsp3) is 0.857. The summed E-state index contributed by atoms with van der Waals surface area (Å²) >= 11 is 0. The molecule has 0 aromatic carbocycles. The minimum Gasteiger partial charge on any atom is -0.308 e. The van der Waals surface area contributed by atoms with E-state index in [1.807, 2.05) is 5.92 Å². The molecule has 1 heteroatoms. The largest absolute Gasteiger partial charge is 1.00 e. The third-order valence-corrected chi connectivity index (χ3v) is 3.42. The summed E-state index contributed by atoms with van der Waals surface area (Å²) in [5, 5.41) is 0. The Balaban J connectivity index is 0.000000270. The van der Waals surface area contributed by atoms with Crippen molar-refractivity contribution in [2.24, 2.45) is 17.3 Å². The second-order valence-electron chi connectivity index (χ2n) is 3.43.